The van der Waals surface area contributed by atoms with E-state index in [1.54, 1.807) is 24.5 Å². The quantitative estimate of drug-likeness (QED) is 0.254. The minimum absolute atomic E-state index is 0.0946. The Morgan fingerprint density at radius 1 is 1.12 bits per heavy atom. The van der Waals surface area contributed by atoms with Crippen molar-refractivity contribution in [3.63, 3.8) is 0 Å². The minimum atomic E-state index is -0.259. The highest BCUT2D eigenvalue weighted by molar-refractivity contribution is 5.76. The molecule has 0 radical (unpaired) electrons. The summed E-state index contributed by atoms with van der Waals surface area (Å²) in [6, 6.07) is 13.1. The van der Waals surface area contributed by atoms with Crippen LogP contribution in [0.25, 0.3) is 11.3 Å². The number of benzene rings is 1. The second kappa shape index (κ2) is 12.5. The topological polar surface area (TPSA) is 114 Å². The molecule has 3 aromatic heterocycles. The fourth-order valence-corrected chi connectivity index (χ4v) is 4.64. The molecule has 0 bridgehead atoms. The fraction of sp³-hybridized carbons (Fsp3) is 0.355. The molecule has 0 saturated carbocycles. The van der Waals surface area contributed by atoms with Crippen LogP contribution in [0, 0.1) is 17.8 Å². The highest BCUT2D eigenvalue weighted by atomic mass is 16.7. The molecule has 2 aliphatic heterocycles. The molecule has 1 N–H and O–H groups in total. The van der Waals surface area contributed by atoms with E-state index < -0.39 is 0 Å². The van der Waals surface area contributed by atoms with E-state index in [1.807, 2.05) is 48.0 Å². The predicted octanol–water partition coefficient (Wildman–Crippen LogP) is 4.11. The van der Waals surface area contributed by atoms with Crippen molar-refractivity contribution in [3.05, 3.63) is 83.7 Å². The van der Waals surface area contributed by atoms with E-state index in [2.05, 4.69) is 32.3 Å². The molecule has 6 rings (SSSR count). The van der Waals surface area contributed by atoms with E-state index in [1.165, 1.54) is 0 Å². The molecule has 2 saturated heterocycles. The van der Waals surface area contributed by atoms with Crippen molar-refractivity contribution >= 4 is 5.97 Å². The molecule has 10 nitrogen and oxygen atoms in total. The van der Waals surface area contributed by atoms with Crippen LogP contribution in [0.2, 0.25) is 0 Å². The number of nitrogens with one attached hydrogen (secondary N) is 1. The number of imidazole rings is 1. The van der Waals surface area contributed by atoms with Gasteiger partial charge in [-0.3, -0.25) is 4.79 Å². The molecule has 2 atom stereocenters. The Morgan fingerprint density at radius 3 is 2.68 bits per heavy atom. The number of carbonyl (C=O) groups excluding carboxylic acids is 1. The van der Waals surface area contributed by atoms with Gasteiger partial charge < -0.3 is 28.6 Å². The normalized spacial score (nSPS) is 17.7. The molecule has 10 heteroatoms. The molecular formula is C31H31N5O5. The summed E-state index contributed by atoms with van der Waals surface area (Å²) in [4.78, 5) is 20.6. The lowest BCUT2D eigenvalue weighted by Crippen LogP contribution is -2.48. The molecule has 2 aliphatic rings. The van der Waals surface area contributed by atoms with Gasteiger partial charge in [-0.15, -0.1) is 0 Å². The largest absolute Gasteiger partial charge is 0.407 e. The van der Waals surface area contributed by atoms with Crippen molar-refractivity contribution in [3.8, 4) is 29.0 Å². The number of hydrogen-bond donors (Lipinski definition) is 1. The summed E-state index contributed by atoms with van der Waals surface area (Å²) in [5.74, 6) is 7.65. The average Bonchev–Trinajstić information content (AvgIpc) is 3.63. The van der Waals surface area contributed by atoms with Gasteiger partial charge in [0.25, 0.3) is 0 Å². The maximum atomic E-state index is 11.9. The van der Waals surface area contributed by atoms with Crippen molar-refractivity contribution in [1.82, 2.24) is 25.0 Å². The zero-order valence-corrected chi connectivity index (χ0v) is 22.8. The van der Waals surface area contributed by atoms with Gasteiger partial charge in [0.1, 0.15) is 17.6 Å². The van der Waals surface area contributed by atoms with E-state index in [0.717, 1.165) is 54.1 Å². The third-order valence-corrected chi connectivity index (χ3v) is 7.07. The van der Waals surface area contributed by atoms with Gasteiger partial charge in [0.15, 0.2) is 12.1 Å². The zero-order valence-electron chi connectivity index (χ0n) is 22.8. The first-order valence-electron chi connectivity index (χ1n) is 13.9. The summed E-state index contributed by atoms with van der Waals surface area (Å²) in [5, 5.41) is 7.31. The van der Waals surface area contributed by atoms with Crippen molar-refractivity contribution in [2.75, 3.05) is 19.7 Å². The maximum Gasteiger partial charge on any atom is 0.318 e. The van der Waals surface area contributed by atoms with Crippen LogP contribution in [0.1, 0.15) is 54.9 Å². The molecule has 1 unspecified atom stereocenters. The van der Waals surface area contributed by atoms with E-state index in [4.69, 9.17) is 18.7 Å². The number of pyridine rings is 1. The molecule has 0 spiro atoms. The van der Waals surface area contributed by atoms with Crippen molar-refractivity contribution in [1.29, 1.82) is 0 Å². The van der Waals surface area contributed by atoms with Crippen LogP contribution in [0.3, 0.4) is 0 Å². The first-order valence-corrected chi connectivity index (χ1v) is 13.9. The molecule has 1 aromatic carbocycles. The second-order valence-electron chi connectivity index (χ2n) is 10.2. The molecule has 0 aliphatic carbocycles. The summed E-state index contributed by atoms with van der Waals surface area (Å²) in [7, 11) is 0. The Kier molecular flexibility index (Phi) is 8.18. The minimum Gasteiger partial charge on any atom is -0.407 e. The molecule has 0 amide bonds. The summed E-state index contributed by atoms with van der Waals surface area (Å²) in [6.07, 6.45) is 8.01. The molecule has 210 valence electrons. The Labute approximate surface area is 238 Å². The van der Waals surface area contributed by atoms with Gasteiger partial charge in [0, 0.05) is 67.1 Å². The van der Waals surface area contributed by atoms with Crippen LogP contribution < -0.4 is 10.1 Å². The number of esters is 1. The monoisotopic (exact) mass is 553 g/mol. The van der Waals surface area contributed by atoms with Crippen LogP contribution >= 0.6 is 0 Å². The summed E-state index contributed by atoms with van der Waals surface area (Å²) in [5.41, 5.74) is 3.26. The van der Waals surface area contributed by atoms with E-state index >= 15 is 0 Å². The van der Waals surface area contributed by atoms with Crippen LogP contribution in [0.5, 0.6) is 5.88 Å². The summed E-state index contributed by atoms with van der Waals surface area (Å²) < 4.78 is 24.8. The number of ether oxygens (including phenoxy) is 3. The van der Waals surface area contributed by atoms with Crippen LogP contribution in [-0.2, 0) is 20.8 Å². The van der Waals surface area contributed by atoms with Gasteiger partial charge >= 0.3 is 5.97 Å². The standard InChI is InChI=1S/C31H31N5O5/c1-21(39-29-4-2-3-15-38-29)30-33-13-14-36(30)20-26-16-27(41-35-26)24-10-7-22(8-11-24)5-6-23-9-12-28(34-17-23)40-31(37)25-18-32-19-25/h7-14,16-17,21,25,29,32H,2-4,15,18-20H2,1H3/t21-,29?/m0/s1. The van der Waals surface area contributed by atoms with Crippen molar-refractivity contribution in [2.24, 2.45) is 5.92 Å². The lowest BCUT2D eigenvalue weighted by atomic mass is 10.0. The second-order valence-corrected chi connectivity index (χ2v) is 10.2. The maximum absolute atomic E-state index is 11.9. The number of rotatable bonds is 8. The number of carbonyl (C=O) groups is 1. The Balaban J connectivity index is 1.05. The first kappa shape index (κ1) is 26.9. The Morgan fingerprint density at radius 2 is 1.95 bits per heavy atom. The molecule has 2 fully saturated rings. The van der Waals surface area contributed by atoms with Gasteiger partial charge in [0.05, 0.1) is 12.5 Å². The van der Waals surface area contributed by atoms with Gasteiger partial charge in [-0.2, -0.15) is 0 Å². The number of hydrogen-bond acceptors (Lipinski definition) is 9. The lowest BCUT2D eigenvalue weighted by molar-refractivity contribution is -0.188. The number of aromatic nitrogens is 4. The highest BCUT2D eigenvalue weighted by Crippen LogP contribution is 2.25. The predicted molar refractivity (Wildman–Crippen MR) is 149 cm³/mol. The van der Waals surface area contributed by atoms with E-state index in [-0.39, 0.29) is 30.2 Å². The fourth-order valence-electron chi connectivity index (χ4n) is 4.64. The van der Waals surface area contributed by atoms with Crippen molar-refractivity contribution in [2.45, 2.75) is 45.1 Å². The van der Waals surface area contributed by atoms with Crippen LogP contribution in [0.4, 0.5) is 0 Å². The van der Waals surface area contributed by atoms with E-state index in [9.17, 15) is 4.79 Å². The molecular weight excluding hydrogens is 522 g/mol. The molecule has 5 heterocycles. The summed E-state index contributed by atoms with van der Waals surface area (Å²) in [6.45, 7) is 4.55. The van der Waals surface area contributed by atoms with Crippen LogP contribution in [-0.4, -0.2) is 51.6 Å². The SMILES string of the molecule is C[C@H](OC1CCCCO1)c1nccn1Cc1cc(-c2ccc(C#Cc3ccc(OC(=O)C4CNC4)nc3)cc2)on1. The Hall–Kier alpha value is -4.30. The van der Waals surface area contributed by atoms with Crippen LogP contribution in [0.15, 0.2) is 65.6 Å². The van der Waals surface area contributed by atoms with Gasteiger partial charge in [-0.1, -0.05) is 17.0 Å². The van der Waals surface area contributed by atoms with Gasteiger partial charge in [0.2, 0.25) is 5.88 Å². The molecule has 4 aromatic rings. The lowest BCUT2D eigenvalue weighted by Gasteiger charge is -2.26. The smallest absolute Gasteiger partial charge is 0.318 e. The highest BCUT2D eigenvalue weighted by Gasteiger charge is 2.27. The summed E-state index contributed by atoms with van der Waals surface area (Å²) >= 11 is 0. The average molecular weight is 554 g/mol. The van der Waals surface area contributed by atoms with Crippen molar-refractivity contribution < 1.29 is 23.5 Å². The van der Waals surface area contributed by atoms with Gasteiger partial charge in [-0.25, -0.2) is 9.97 Å². The zero-order chi connectivity index (χ0) is 28.0. The first-order chi connectivity index (χ1) is 20.1. The molecule has 41 heavy (non-hydrogen) atoms. The van der Waals surface area contributed by atoms with E-state index in [0.29, 0.717) is 25.4 Å². The third kappa shape index (κ3) is 6.72. The Bertz CT molecular complexity index is 1520. The van der Waals surface area contributed by atoms with Gasteiger partial charge in [-0.05, 0) is 56.5 Å². The number of nitrogens with zero attached hydrogens (tertiary/aromatic N) is 4. The third-order valence-electron chi connectivity index (χ3n) is 7.07.